The molecule has 1 aliphatic carbocycles. The number of rotatable bonds is 3. The summed E-state index contributed by atoms with van der Waals surface area (Å²) in [6.45, 7) is 3.14. The Morgan fingerprint density at radius 1 is 1.32 bits per heavy atom. The normalized spacial score (nSPS) is 30.0. The molecule has 2 fully saturated rings. The van der Waals surface area contributed by atoms with Crippen molar-refractivity contribution >= 4 is 0 Å². The first-order valence-electron chi connectivity index (χ1n) is 7.70. The lowest BCUT2D eigenvalue weighted by molar-refractivity contribution is 0.0586. The van der Waals surface area contributed by atoms with Gasteiger partial charge in [-0.3, -0.25) is 9.58 Å². The molecule has 0 radical (unpaired) electrons. The lowest BCUT2D eigenvalue weighted by Gasteiger charge is -2.44. The van der Waals surface area contributed by atoms with Crippen LogP contribution in [0.15, 0.2) is 12.4 Å². The second-order valence-electron chi connectivity index (χ2n) is 6.29. The van der Waals surface area contributed by atoms with Crippen molar-refractivity contribution in [1.82, 2.24) is 14.7 Å². The van der Waals surface area contributed by atoms with E-state index in [9.17, 15) is 0 Å². The Morgan fingerprint density at radius 2 is 2.11 bits per heavy atom. The number of piperidine rings is 1. The Balaban J connectivity index is 1.70. The third-order valence-corrected chi connectivity index (χ3v) is 5.10. The zero-order valence-corrected chi connectivity index (χ0v) is 12.0. The highest BCUT2D eigenvalue weighted by molar-refractivity contribution is 5.11. The van der Waals surface area contributed by atoms with Crippen LogP contribution in [0, 0.1) is 11.8 Å². The number of nitrogens with two attached hydrogens (primary N) is 1. The zero-order chi connectivity index (χ0) is 13.2. The van der Waals surface area contributed by atoms with Crippen LogP contribution in [0.4, 0.5) is 0 Å². The lowest BCUT2D eigenvalue weighted by atomic mass is 9.74. The van der Waals surface area contributed by atoms with Crippen molar-refractivity contribution in [2.24, 2.45) is 24.6 Å². The highest BCUT2D eigenvalue weighted by atomic mass is 15.3. The molecule has 3 atom stereocenters. The molecule has 4 heteroatoms. The van der Waals surface area contributed by atoms with Crippen molar-refractivity contribution < 1.29 is 0 Å². The van der Waals surface area contributed by atoms with E-state index in [-0.39, 0.29) is 0 Å². The fraction of sp³-hybridized carbons (Fsp3) is 0.800. The maximum atomic E-state index is 6.03. The molecule has 2 heterocycles. The van der Waals surface area contributed by atoms with E-state index in [1.54, 1.807) is 0 Å². The van der Waals surface area contributed by atoms with Crippen LogP contribution in [0.25, 0.3) is 0 Å². The number of likely N-dealkylation sites (tertiary alicyclic amines) is 1. The molecule has 1 aliphatic heterocycles. The monoisotopic (exact) mass is 262 g/mol. The van der Waals surface area contributed by atoms with Gasteiger partial charge in [0.1, 0.15) is 0 Å². The maximum absolute atomic E-state index is 6.03. The minimum absolute atomic E-state index is 0.358. The summed E-state index contributed by atoms with van der Waals surface area (Å²) in [5.74, 6) is 1.89. The molecule has 3 rings (SSSR count). The number of aromatic nitrogens is 2. The molecule has 0 aromatic carbocycles. The van der Waals surface area contributed by atoms with E-state index in [1.807, 2.05) is 17.9 Å². The summed E-state index contributed by atoms with van der Waals surface area (Å²) in [5, 5.41) is 4.30. The molecule has 1 saturated heterocycles. The number of hydrogen-bond acceptors (Lipinski definition) is 3. The van der Waals surface area contributed by atoms with Crippen molar-refractivity contribution in [2.75, 3.05) is 19.6 Å². The van der Waals surface area contributed by atoms with Crippen molar-refractivity contribution in [3.05, 3.63) is 18.0 Å². The van der Waals surface area contributed by atoms with Crippen molar-refractivity contribution in [1.29, 1.82) is 0 Å². The molecule has 19 heavy (non-hydrogen) atoms. The van der Waals surface area contributed by atoms with E-state index in [4.69, 9.17) is 5.73 Å². The Morgan fingerprint density at radius 3 is 2.79 bits per heavy atom. The van der Waals surface area contributed by atoms with Crippen LogP contribution < -0.4 is 5.73 Å². The molecule has 0 bridgehead atoms. The van der Waals surface area contributed by atoms with Crippen LogP contribution in [0.1, 0.15) is 43.7 Å². The van der Waals surface area contributed by atoms with Gasteiger partial charge in [0.05, 0.1) is 12.2 Å². The Labute approximate surface area is 116 Å². The van der Waals surface area contributed by atoms with Gasteiger partial charge in [-0.2, -0.15) is 5.10 Å². The highest BCUT2D eigenvalue weighted by Gasteiger charge is 2.34. The maximum Gasteiger partial charge on any atom is 0.0538 e. The first-order valence-corrected chi connectivity index (χ1v) is 7.70. The second kappa shape index (κ2) is 5.63. The van der Waals surface area contributed by atoms with Gasteiger partial charge in [-0.05, 0) is 31.2 Å². The summed E-state index contributed by atoms with van der Waals surface area (Å²) in [6.07, 6.45) is 11.2. The van der Waals surface area contributed by atoms with E-state index in [2.05, 4.69) is 16.2 Å². The standard InChI is InChI=1S/C15H26N4/c1-18-10-14(9-17-18)15(8-16)19-7-6-12-4-2-3-5-13(12)11-19/h9-10,12-13,15H,2-8,11,16H2,1H3. The van der Waals surface area contributed by atoms with Gasteiger partial charge in [0, 0.05) is 31.9 Å². The van der Waals surface area contributed by atoms with E-state index >= 15 is 0 Å². The van der Waals surface area contributed by atoms with Crippen LogP contribution in [0.5, 0.6) is 0 Å². The predicted molar refractivity (Wildman–Crippen MR) is 76.6 cm³/mol. The minimum Gasteiger partial charge on any atom is -0.329 e. The molecule has 1 saturated carbocycles. The molecule has 1 aromatic heterocycles. The smallest absolute Gasteiger partial charge is 0.0538 e. The van der Waals surface area contributed by atoms with Gasteiger partial charge < -0.3 is 5.73 Å². The second-order valence-corrected chi connectivity index (χ2v) is 6.29. The fourth-order valence-electron chi connectivity index (χ4n) is 4.02. The Kier molecular flexibility index (Phi) is 3.89. The van der Waals surface area contributed by atoms with Gasteiger partial charge in [-0.1, -0.05) is 19.3 Å². The molecule has 106 valence electrons. The van der Waals surface area contributed by atoms with E-state index < -0.39 is 0 Å². The minimum atomic E-state index is 0.358. The van der Waals surface area contributed by atoms with Gasteiger partial charge in [-0.25, -0.2) is 0 Å². The van der Waals surface area contributed by atoms with Gasteiger partial charge >= 0.3 is 0 Å². The van der Waals surface area contributed by atoms with Crippen LogP contribution >= 0.6 is 0 Å². The molecular formula is C15H26N4. The van der Waals surface area contributed by atoms with E-state index in [0.717, 1.165) is 11.8 Å². The van der Waals surface area contributed by atoms with Crippen molar-refractivity contribution in [3.8, 4) is 0 Å². The van der Waals surface area contributed by atoms with Crippen LogP contribution in [-0.2, 0) is 7.05 Å². The molecular weight excluding hydrogens is 236 g/mol. The van der Waals surface area contributed by atoms with Gasteiger partial charge in [-0.15, -0.1) is 0 Å². The first kappa shape index (κ1) is 13.1. The van der Waals surface area contributed by atoms with Gasteiger partial charge in [0.25, 0.3) is 0 Å². The third-order valence-electron chi connectivity index (χ3n) is 5.10. The number of fused-ring (bicyclic) bond motifs is 1. The summed E-state index contributed by atoms with van der Waals surface area (Å²) in [4.78, 5) is 2.60. The Bertz CT molecular complexity index is 414. The molecule has 2 N–H and O–H groups in total. The third kappa shape index (κ3) is 2.70. The summed E-state index contributed by atoms with van der Waals surface area (Å²) in [5.41, 5.74) is 7.31. The molecule has 0 amide bonds. The fourth-order valence-corrected chi connectivity index (χ4v) is 4.02. The van der Waals surface area contributed by atoms with Gasteiger partial charge in [0.2, 0.25) is 0 Å². The van der Waals surface area contributed by atoms with E-state index in [1.165, 1.54) is 50.8 Å². The zero-order valence-electron chi connectivity index (χ0n) is 12.0. The summed E-state index contributed by atoms with van der Waals surface area (Å²) in [6, 6.07) is 0.358. The largest absolute Gasteiger partial charge is 0.329 e. The van der Waals surface area contributed by atoms with E-state index in [0.29, 0.717) is 12.6 Å². The number of nitrogens with zero attached hydrogens (tertiary/aromatic N) is 3. The quantitative estimate of drug-likeness (QED) is 0.905. The van der Waals surface area contributed by atoms with Crippen LogP contribution in [-0.4, -0.2) is 34.3 Å². The highest BCUT2D eigenvalue weighted by Crippen LogP contribution is 2.38. The SMILES string of the molecule is Cn1cc(C(CN)N2CCC3CCCCC3C2)cn1. The van der Waals surface area contributed by atoms with Crippen molar-refractivity contribution in [3.63, 3.8) is 0 Å². The molecule has 4 nitrogen and oxygen atoms in total. The topological polar surface area (TPSA) is 47.1 Å². The molecule has 2 aliphatic rings. The Hall–Kier alpha value is -0.870. The lowest BCUT2D eigenvalue weighted by Crippen LogP contribution is -2.45. The predicted octanol–water partition coefficient (Wildman–Crippen LogP) is 1.93. The van der Waals surface area contributed by atoms with Crippen molar-refractivity contribution in [2.45, 2.75) is 38.1 Å². The summed E-state index contributed by atoms with van der Waals surface area (Å²) in [7, 11) is 1.98. The van der Waals surface area contributed by atoms with Crippen LogP contribution in [0.2, 0.25) is 0 Å². The average Bonchev–Trinajstić information content (AvgIpc) is 2.86. The summed E-state index contributed by atoms with van der Waals surface area (Å²) < 4.78 is 1.88. The number of aryl methyl sites for hydroxylation is 1. The van der Waals surface area contributed by atoms with Gasteiger partial charge in [0.15, 0.2) is 0 Å². The summed E-state index contributed by atoms with van der Waals surface area (Å²) >= 11 is 0. The molecule has 0 spiro atoms. The average molecular weight is 262 g/mol. The number of hydrogen-bond donors (Lipinski definition) is 1. The van der Waals surface area contributed by atoms with Crippen LogP contribution in [0.3, 0.4) is 0 Å². The first-order chi connectivity index (χ1) is 9.28. The molecule has 1 aromatic rings. The molecule has 3 unspecified atom stereocenters.